The minimum atomic E-state index is 0.210. The minimum absolute atomic E-state index is 0.210. The maximum absolute atomic E-state index is 3.57. The SMILES string of the molecule is CC(CNC(C)(C)C)CSc1ccc2ccccc2c1. The molecule has 0 bridgehead atoms. The molecule has 1 nitrogen and oxygen atoms in total. The average Bonchev–Trinajstić information content (AvgIpc) is 2.42. The summed E-state index contributed by atoms with van der Waals surface area (Å²) >= 11 is 1.95. The molecular weight excluding hydrogens is 262 g/mol. The van der Waals surface area contributed by atoms with Crippen LogP contribution in [0, 0.1) is 5.92 Å². The summed E-state index contributed by atoms with van der Waals surface area (Å²) in [6, 6.07) is 15.3. The second-order valence-corrected chi connectivity index (χ2v) is 7.65. The van der Waals surface area contributed by atoms with E-state index in [1.807, 2.05) is 11.8 Å². The van der Waals surface area contributed by atoms with E-state index in [4.69, 9.17) is 0 Å². The van der Waals surface area contributed by atoms with Gasteiger partial charge in [0.25, 0.3) is 0 Å². The van der Waals surface area contributed by atoms with Crippen LogP contribution in [0.1, 0.15) is 27.7 Å². The van der Waals surface area contributed by atoms with Crippen LogP contribution in [0.5, 0.6) is 0 Å². The minimum Gasteiger partial charge on any atom is -0.312 e. The van der Waals surface area contributed by atoms with Crippen LogP contribution in [0.4, 0.5) is 0 Å². The molecule has 108 valence electrons. The third-order valence-electron chi connectivity index (χ3n) is 3.24. The fourth-order valence-corrected chi connectivity index (χ4v) is 3.00. The van der Waals surface area contributed by atoms with Gasteiger partial charge in [-0.3, -0.25) is 0 Å². The molecule has 0 heterocycles. The number of hydrogen-bond donors (Lipinski definition) is 1. The van der Waals surface area contributed by atoms with Gasteiger partial charge in [-0.1, -0.05) is 37.3 Å². The fourth-order valence-electron chi connectivity index (χ4n) is 2.04. The van der Waals surface area contributed by atoms with Crippen LogP contribution in [0.15, 0.2) is 47.4 Å². The Balaban J connectivity index is 1.89. The molecule has 1 atom stereocenters. The van der Waals surface area contributed by atoms with Crippen LogP contribution >= 0.6 is 11.8 Å². The van der Waals surface area contributed by atoms with E-state index < -0.39 is 0 Å². The summed E-state index contributed by atoms with van der Waals surface area (Å²) in [4.78, 5) is 1.37. The smallest absolute Gasteiger partial charge is 0.00966 e. The number of thioether (sulfide) groups is 1. The van der Waals surface area contributed by atoms with Crippen LogP contribution in [0.3, 0.4) is 0 Å². The third kappa shape index (κ3) is 4.84. The highest BCUT2D eigenvalue weighted by Gasteiger charge is 2.11. The van der Waals surface area contributed by atoms with Crippen molar-refractivity contribution in [1.29, 1.82) is 0 Å². The summed E-state index contributed by atoms with van der Waals surface area (Å²) in [5.41, 5.74) is 0.210. The third-order valence-corrected chi connectivity index (χ3v) is 4.56. The van der Waals surface area contributed by atoms with Crippen LogP contribution in [0.25, 0.3) is 10.8 Å². The van der Waals surface area contributed by atoms with Gasteiger partial charge in [0.05, 0.1) is 0 Å². The maximum atomic E-state index is 3.57. The van der Waals surface area contributed by atoms with E-state index in [0.717, 1.165) is 12.3 Å². The fraction of sp³-hybridized carbons (Fsp3) is 0.444. The van der Waals surface area contributed by atoms with Crippen molar-refractivity contribution in [2.24, 2.45) is 5.92 Å². The Bertz CT molecular complexity index is 557. The van der Waals surface area contributed by atoms with Crippen LogP contribution < -0.4 is 5.32 Å². The first-order valence-electron chi connectivity index (χ1n) is 7.31. The van der Waals surface area contributed by atoms with Crippen molar-refractivity contribution >= 4 is 22.5 Å². The van der Waals surface area contributed by atoms with Gasteiger partial charge in [0.15, 0.2) is 0 Å². The highest BCUT2D eigenvalue weighted by molar-refractivity contribution is 7.99. The lowest BCUT2D eigenvalue weighted by Crippen LogP contribution is -2.39. The second-order valence-electron chi connectivity index (χ2n) is 6.56. The van der Waals surface area contributed by atoms with Gasteiger partial charge >= 0.3 is 0 Å². The molecular formula is C18H25NS. The van der Waals surface area contributed by atoms with Gasteiger partial charge in [-0.2, -0.15) is 0 Å². The molecule has 0 aromatic heterocycles. The summed E-state index contributed by atoms with van der Waals surface area (Å²) < 4.78 is 0. The van der Waals surface area contributed by atoms with E-state index in [1.165, 1.54) is 15.7 Å². The van der Waals surface area contributed by atoms with Crippen LogP contribution in [-0.2, 0) is 0 Å². The number of rotatable bonds is 5. The monoisotopic (exact) mass is 287 g/mol. The summed E-state index contributed by atoms with van der Waals surface area (Å²) in [7, 11) is 0. The first kappa shape index (κ1) is 15.4. The van der Waals surface area contributed by atoms with Gasteiger partial charge in [0, 0.05) is 16.2 Å². The van der Waals surface area contributed by atoms with Gasteiger partial charge in [-0.25, -0.2) is 0 Å². The zero-order valence-corrected chi connectivity index (χ0v) is 13.8. The highest BCUT2D eigenvalue weighted by Crippen LogP contribution is 2.25. The second kappa shape index (κ2) is 6.64. The molecule has 0 aliphatic heterocycles. The van der Waals surface area contributed by atoms with Crippen LogP contribution in [0.2, 0.25) is 0 Å². The topological polar surface area (TPSA) is 12.0 Å². The molecule has 0 spiro atoms. The first-order valence-corrected chi connectivity index (χ1v) is 8.29. The van der Waals surface area contributed by atoms with E-state index in [-0.39, 0.29) is 5.54 Å². The average molecular weight is 287 g/mol. The standard InChI is InChI=1S/C18H25NS/c1-14(12-19-18(2,3)4)13-20-17-10-9-15-7-5-6-8-16(15)11-17/h5-11,14,19H,12-13H2,1-4H3. The molecule has 2 rings (SSSR count). The largest absolute Gasteiger partial charge is 0.312 e. The molecule has 0 fully saturated rings. The number of hydrogen-bond acceptors (Lipinski definition) is 2. The zero-order chi connectivity index (χ0) is 14.6. The Kier molecular flexibility index (Phi) is 5.11. The lowest BCUT2D eigenvalue weighted by molar-refractivity contribution is 0.395. The molecule has 2 heteroatoms. The summed E-state index contributed by atoms with van der Waals surface area (Å²) in [5.74, 6) is 1.83. The summed E-state index contributed by atoms with van der Waals surface area (Å²) in [6.45, 7) is 10.0. The van der Waals surface area contributed by atoms with Crippen molar-refractivity contribution in [3.8, 4) is 0 Å². The Labute approximate surface area is 127 Å². The van der Waals surface area contributed by atoms with Crippen LogP contribution in [-0.4, -0.2) is 17.8 Å². The molecule has 0 aliphatic carbocycles. The van der Waals surface area contributed by atoms with Crippen molar-refractivity contribution in [3.05, 3.63) is 42.5 Å². The lowest BCUT2D eigenvalue weighted by atomic mass is 10.1. The van der Waals surface area contributed by atoms with Crippen molar-refractivity contribution in [2.75, 3.05) is 12.3 Å². The quantitative estimate of drug-likeness (QED) is 0.780. The maximum Gasteiger partial charge on any atom is 0.00966 e. The van der Waals surface area contributed by atoms with Crippen molar-refractivity contribution in [1.82, 2.24) is 5.32 Å². The van der Waals surface area contributed by atoms with Gasteiger partial charge < -0.3 is 5.32 Å². The van der Waals surface area contributed by atoms with E-state index in [0.29, 0.717) is 5.92 Å². The van der Waals surface area contributed by atoms with Crippen molar-refractivity contribution < 1.29 is 0 Å². The Morgan fingerprint density at radius 2 is 1.75 bits per heavy atom. The summed E-state index contributed by atoms with van der Waals surface area (Å²) in [5, 5.41) is 6.22. The predicted octanol–water partition coefficient (Wildman–Crippen LogP) is 4.96. The Morgan fingerprint density at radius 1 is 1.05 bits per heavy atom. The molecule has 2 aromatic carbocycles. The molecule has 20 heavy (non-hydrogen) atoms. The van der Waals surface area contributed by atoms with Gasteiger partial charge in [-0.15, -0.1) is 11.8 Å². The van der Waals surface area contributed by atoms with Gasteiger partial charge in [-0.05, 0) is 56.1 Å². The van der Waals surface area contributed by atoms with Gasteiger partial charge in [0.1, 0.15) is 0 Å². The molecule has 1 N–H and O–H groups in total. The normalized spacial score (nSPS) is 13.6. The molecule has 2 aromatic rings. The van der Waals surface area contributed by atoms with E-state index in [9.17, 15) is 0 Å². The molecule has 0 amide bonds. The zero-order valence-electron chi connectivity index (χ0n) is 12.9. The number of benzene rings is 2. The first-order chi connectivity index (χ1) is 9.44. The number of nitrogens with one attached hydrogen (secondary N) is 1. The molecule has 0 aliphatic rings. The Hall–Kier alpha value is -0.990. The highest BCUT2D eigenvalue weighted by atomic mass is 32.2. The number of fused-ring (bicyclic) bond motifs is 1. The van der Waals surface area contributed by atoms with E-state index in [2.05, 4.69) is 75.5 Å². The summed E-state index contributed by atoms with van der Waals surface area (Å²) in [6.07, 6.45) is 0. The molecule has 1 unspecified atom stereocenters. The molecule has 0 radical (unpaired) electrons. The predicted molar refractivity (Wildman–Crippen MR) is 91.6 cm³/mol. The lowest BCUT2D eigenvalue weighted by Gasteiger charge is -2.23. The van der Waals surface area contributed by atoms with Crippen molar-refractivity contribution in [3.63, 3.8) is 0 Å². The van der Waals surface area contributed by atoms with Crippen molar-refractivity contribution in [2.45, 2.75) is 38.1 Å². The van der Waals surface area contributed by atoms with Gasteiger partial charge in [0.2, 0.25) is 0 Å². The molecule has 0 saturated heterocycles. The van der Waals surface area contributed by atoms with E-state index in [1.54, 1.807) is 0 Å². The molecule has 0 saturated carbocycles. The Morgan fingerprint density at radius 3 is 2.45 bits per heavy atom. The van der Waals surface area contributed by atoms with E-state index >= 15 is 0 Å².